The zero-order chi connectivity index (χ0) is 0. The van der Waals surface area contributed by atoms with E-state index in [1.165, 1.54) is 0 Å². The minimum atomic E-state index is 0. The normalized spacial score (nSPS) is 0. The van der Waals surface area contributed by atoms with Gasteiger partial charge >= 0.3 is 105 Å². The molecule has 0 radical (unpaired) electrons. The molecule has 5 heteroatoms. The van der Waals surface area contributed by atoms with Gasteiger partial charge in [0, 0.05) is 0 Å². The summed E-state index contributed by atoms with van der Waals surface area (Å²) in [6.07, 6.45) is 0. The Hall–Kier alpha value is 3.42. The van der Waals surface area contributed by atoms with Crippen LogP contribution < -0.4 is 0 Å². The average Bonchev–Trinajstić information content (AvgIpc) is 0. The van der Waals surface area contributed by atoms with E-state index in [4.69, 9.17) is 0 Å². The fourth-order valence-corrected chi connectivity index (χ4v) is 0. The number of rotatable bonds is 0. The van der Waals surface area contributed by atoms with Crippen LogP contribution in [-0.4, -0.2) is 105 Å². The van der Waals surface area contributed by atoms with E-state index in [-0.39, 0.29) is 105 Å². The molecule has 0 rings (SSSR count). The van der Waals surface area contributed by atoms with Crippen LogP contribution in [0, 0.1) is 0 Å². The average molecular weight is 409 g/mol. The summed E-state index contributed by atoms with van der Waals surface area (Å²) in [7, 11) is 0. The van der Waals surface area contributed by atoms with Gasteiger partial charge in [-0.25, -0.2) is 0 Å². The van der Waals surface area contributed by atoms with Gasteiger partial charge in [-0.3, -0.25) is 0 Å². The fourth-order valence-electron chi connectivity index (χ4n) is 0. The van der Waals surface area contributed by atoms with Gasteiger partial charge in [0.1, 0.15) is 0 Å². The maximum atomic E-state index is 0. The zero-order valence-corrected chi connectivity index (χ0v) is 0. The van der Waals surface area contributed by atoms with Gasteiger partial charge < -0.3 is 0 Å². The molecule has 0 aliphatic rings. The molecule has 30 valence electrons. The molecule has 0 heterocycles. The van der Waals surface area contributed by atoms with Crippen LogP contribution in [-0.2, 0) is 0 Å². The van der Waals surface area contributed by atoms with Gasteiger partial charge in [0.2, 0.25) is 0 Å². The summed E-state index contributed by atoms with van der Waals surface area (Å²) in [5.74, 6) is 0. The molecular formula is H15Ga4In. The fraction of sp³-hybridized carbons (Fsp3) is 0. The van der Waals surface area contributed by atoms with Crippen LogP contribution in [0.4, 0.5) is 0 Å². The van der Waals surface area contributed by atoms with Crippen molar-refractivity contribution in [3.05, 3.63) is 0 Å². The first-order valence-corrected chi connectivity index (χ1v) is 0. The van der Waals surface area contributed by atoms with Crippen molar-refractivity contribution in [1.82, 2.24) is 0 Å². The second-order valence-corrected chi connectivity index (χ2v) is 0. The van der Waals surface area contributed by atoms with E-state index >= 15 is 0 Å². The summed E-state index contributed by atoms with van der Waals surface area (Å²) >= 11 is 0. The Morgan fingerprint density at radius 1 is 0.400 bits per heavy atom. The van der Waals surface area contributed by atoms with E-state index < -0.39 is 0 Å². The van der Waals surface area contributed by atoms with E-state index in [2.05, 4.69) is 0 Å². The number of hydrogen-bond donors (Lipinski definition) is 0. The van der Waals surface area contributed by atoms with Crippen molar-refractivity contribution in [2.24, 2.45) is 0 Å². The van der Waals surface area contributed by atoms with Crippen molar-refractivity contribution in [2.75, 3.05) is 0 Å². The molecule has 0 aromatic carbocycles. The summed E-state index contributed by atoms with van der Waals surface area (Å²) in [5, 5.41) is 0. The van der Waals surface area contributed by atoms with E-state index in [1.54, 1.807) is 0 Å². The Balaban J connectivity index is 0. The van der Waals surface area contributed by atoms with Gasteiger partial charge in [-0.05, 0) is 0 Å². The molecule has 0 bridgehead atoms. The van der Waals surface area contributed by atoms with Gasteiger partial charge in [0.25, 0.3) is 0 Å². The standard InChI is InChI=1S/4Ga.In.15H. The monoisotopic (exact) mass is 406 g/mol. The molecule has 0 fully saturated rings. The van der Waals surface area contributed by atoms with Crippen LogP contribution in [0.3, 0.4) is 0 Å². The molecule has 0 aliphatic carbocycles. The molecule has 0 unspecified atom stereocenters. The first-order chi connectivity index (χ1) is 0. The van der Waals surface area contributed by atoms with Gasteiger partial charge in [0.05, 0.1) is 0 Å². The molecule has 0 nitrogen and oxygen atoms in total. The summed E-state index contributed by atoms with van der Waals surface area (Å²) < 4.78 is 0. The second-order valence-electron chi connectivity index (χ2n) is 0. The zero-order valence-electron chi connectivity index (χ0n) is 0. The van der Waals surface area contributed by atoms with Crippen LogP contribution >= 0.6 is 0 Å². The molecule has 0 aliphatic heterocycles. The quantitative estimate of drug-likeness (QED) is 0.350. The van der Waals surface area contributed by atoms with Crippen LogP contribution in [0.25, 0.3) is 0 Å². The summed E-state index contributed by atoms with van der Waals surface area (Å²) in [4.78, 5) is 0. The van der Waals surface area contributed by atoms with Crippen LogP contribution in [0.2, 0.25) is 0 Å². The molecule has 0 saturated carbocycles. The third kappa shape index (κ3) is 18.6. The van der Waals surface area contributed by atoms with Crippen LogP contribution in [0.15, 0.2) is 0 Å². The van der Waals surface area contributed by atoms with Crippen molar-refractivity contribution in [2.45, 2.75) is 0 Å². The van der Waals surface area contributed by atoms with Gasteiger partial charge in [-0.2, -0.15) is 0 Å². The van der Waals surface area contributed by atoms with Crippen molar-refractivity contribution in [1.29, 1.82) is 0 Å². The minimum absolute atomic E-state index is 0. The Morgan fingerprint density at radius 2 is 0.400 bits per heavy atom. The molecule has 0 N–H and O–H groups in total. The molecule has 0 aromatic rings. The van der Waals surface area contributed by atoms with E-state index in [1.807, 2.05) is 0 Å². The van der Waals surface area contributed by atoms with Crippen molar-refractivity contribution < 1.29 is 0 Å². The van der Waals surface area contributed by atoms with Crippen LogP contribution in [0.5, 0.6) is 0 Å². The SMILES string of the molecule is [GaH3].[GaH3].[GaH3].[GaH3].[InH3]. The Labute approximate surface area is 103 Å². The topological polar surface area (TPSA) is 0 Å². The molecule has 0 amide bonds. The molecule has 0 atom stereocenters. The Morgan fingerprint density at radius 3 is 0.400 bits per heavy atom. The Bertz CT molecular complexity index is 3.61. The first-order valence-electron chi connectivity index (χ1n) is 0. The van der Waals surface area contributed by atoms with E-state index in [9.17, 15) is 0 Å². The number of hydrogen-bond acceptors (Lipinski definition) is 0. The molecule has 0 aromatic heterocycles. The van der Waals surface area contributed by atoms with Crippen molar-refractivity contribution in [3.8, 4) is 0 Å². The maximum absolute atomic E-state index is 0. The molecule has 0 spiro atoms. The van der Waals surface area contributed by atoms with E-state index in [0.29, 0.717) is 0 Å². The van der Waals surface area contributed by atoms with Crippen molar-refractivity contribution >= 4 is 105 Å². The van der Waals surface area contributed by atoms with Crippen molar-refractivity contribution in [3.63, 3.8) is 0 Å². The Kier molecular flexibility index (Phi) is 208. The first kappa shape index (κ1) is 39.7. The third-order valence-corrected chi connectivity index (χ3v) is 0. The predicted molar refractivity (Wildman–Crippen MR) is 49.7 cm³/mol. The summed E-state index contributed by atoms with van der Waals surface area (Å²) in [6.45, 7) is 0. The van der Waals surface area contributed by atoms with E-state index in [0.717, 1.165) is 0 Å². The van der Waals surface area contributed by atoms with Gasteiger partial charge in [-0.15, -0.1) is 0 Å². The molecular weight excluding hydrogens is 394 g/mol. The van der Waals surface area contributed by atoms with Gasteiger partial charge in [-0.1, -0.05) is 0 Å². The molecule has 5 heavy (non-hydrogen) atoms. The van der Waals surface area contributed by atoms with Gasteiger partial charge in [0.15, 0.2) is 0 Å². The molecule has 0 saturated heterocycles. The third-order valence-electron chi connectivity index (χ3n) is 0. The van der Waals surface area contributed by atoms with Crippen LogP contribution in [0.1, 0.15) is 0 Å². The summed E-state index contributed by atoms with van der Waals surface area (Å²) in [5.41, 5.74) is 0. The second kappa shape index (κ2) is 26.2. The predicted octanol–water partition coefficient (Wildman–Crippen LogP) is -5.92. The summed E-state index contributed by atoms with van der Waals surface area (Å²) in [6, 6.07) is 0.